The lowest BCUT2D eigenvalue weighted by atomic mass is 9.80. The van der Waals surface area contributed by atoms with Crippen molar-refractivity contribution in [3.05, 3.63) is 29.8 Å². The zero-order valence-electron chi connectivity index (χ0n) is 13.1. The average molecular weight is 291 g/mol. The molecule has 21 heavy (non-hydrogen) atoms. The zero-order valence-corrected chi connectivity index (χ0v) is 13.1. The van der Waals surface area contributed by atoms with Gasteiger partial charge in [-0.1, -0.05) is 25.1 Å². The monoisotopic (exact) mass is 291 g/mol. The van der Waals surface area contributed by atoms with Crippen molar-refractivity contribution in [1.82, 2.24) is 5.32 Å². The number of hydrogen-bond donors (Lipinski definition) is 1. The van der Waals surface area contributed by atoms with Crippen LogP contribution >= 0.6 is 0 Å². The summed E-state index contributed by atoms with van der Waals surface area (Å²) in [6, 6.07) is 8.11. The normalized spacial score (nSPS) is 25.4. The molecule has 1 N–H and O–H groups in total. The molecule has 0 radical (unpaired) electrons. The van der Waals surface area contributed by atoms with E-state index in [0.717, 1.165) is 31.4 Å². The van der Waals surface area contributed by atoms with Crippen LogP contribution in [-0.2, 0) is 16.0 Å². The molecular formula is C17H25NO3. The van der Waals surface area contributed by atoms with Gasteiger partial charge < -0.3 is 14.8 Å². The van der Waals surface area contributed by atoms with Crippen LogP contribution in [0.3, 0.4) is 0 Å². The molecule has 0 aliphatic heterocycles. The summed E-state index contributed by atoms with van der Waals surface area (Å²) < 4.78 is 11.2. The Balaban J connectivity index is 2.12. The molecule has 4 heteroatoms. The summed E-state index contributed by atoms with van der Waals surface area (Å²) in [6.45, 7) is 2.12. The Morgan fingerprint density at radius 2 is 2.19 bits per heavy atom. The van der Waals surface area contributed by atoms with Gasteiger partial charge in [-0.25, -0.2) is 0 Å². The standard InChI is InChI=1S/C17H25NO3/c1-4-13-8-5-6-10-15(13)21-14-9-7-11-17(12-14,18-2)16(19)20-3/h5-6,8,10,14,18H,4,7,9,11-12H2,1-3H3. The maximum Gasteiger partial charge on any atom is 0.326 e. The maximum absolute atomic E-state index is 12.1. The Labute approximate surface area is 126 Å². The number of methoxy groups -OCH3 is 1. The molecule has 0 bridgehead atoms. The van der Waals surface area contributed by atoms with Crippen molar-refractivity contribution in [2.45, 2.75) is 50.7 Å². The van der Waals surface area contributed by atoms with E-state index in [2.05, 4.69) is 18.3 Å². The number of esters is 1. The van der Waals surface area contributed by atoms with Gasteiger partial charge in [0.2, 0.25) is 0 Å². The second-order valence-electron chi connectivity index (χ2n) is 5.62. The van der Waals surface area contributed by atoms with Crippen molar-refractivity contribution in [2.24, 2.45) is 0 Å². The molecule has 0 aromatic heterocycles. The largest absolute Gasteiger partial charge is 0.490 e. The van der Waals surface area contributed by atoms with Gasteiger partial charge in [-0.05, 0) is 44.4 Å². The van der Waals surface area contributed by atoms with Crippen molar-refractivity contribution in [2.75, 3.05) is 14.2 Å². The number of rotatable bonds is 5. The lowest BCUT2D eigenvalue weighted by Crippen LogP contribution is -2.55. The van der Waals surface area contributed by atoms with Crippen LogP contribution in [0.5, 0.6) is 5.75 Å². The molecule has 0 amide bonds. The van der Waals surface area contributed by atoms with Gasteiger partial charge in [-0.15, -0.1) is 0 Å². The van der Waals surface area contributed by atoms with E-state index >= 15 is 0 Å². The van der Waals surface area contributed by atoms with Gasteiger partial charge >= 0.3 is 5.97 Å². The number of carbonyl (C=O) groups is 1. The summed E-state index contributed by atoms with van der Waals surface area (Å²) in [5, 5.41) is 3.16. The highest BCUT2D eigenvalue weighted by Gasteiger charge is 2.43. The first kappa shape index (κ1) is 15.8. The molecule has 1 saturated carbocycles. The molecule has 116 valence electrons. The van der Waals surface area contributed by atoms with E-state index in [9.17, 15) is 4.79 Å². The number of aryl methyl sites for hydroxylation is 1. The molecule has 1 aromatic rings. The van der Waals surface area contributed by atoms with Crippen molar-refractivity contribution in [3.63, 3.8) is 0 Å². The SMILES string of the molecule is CCc1ccccc1OC1CCCC(NC)(C(=O)OC)C1. The van der Waals surface area contributed by atoms with Gasteiger partial charge in [0.05, 0.1) is 7.11 Å². The predicted molar refractivity (Wildman–Crippen MR) is 82.5 cm³/mol. The van der Waals surface area contributed by atoms with E-state index in [0.29, 0.717) is 6.42 Å². The van der Waals surface area contributed by atoms with Crippen LogP contribution in [0.25, 0.3) is 0 Å². The molecule has 0 spiro atoms. The maximum atomic E-state index is 12.1. The Kier molecular flexibility index (Phi) is 5.23. The van der Waals surface area contributed by atoms with E-state index in [4.69, 9.17) is 9.47 Å². The highest BCUT2D eigenvalue weighted by atomic mass is 16.5. The lowest BCUT2D eigenvalue weighted by Gasteiger charge is -2.38. The Bertz CT molecular complexity index is 489. The second-order valence-corrected chi connectivity index (χ2v) is 5.62. The molecule has 1 aliphatic rings. The van der Waals surface area contributed by atoms with Gasteiger partial charge in [0, 0.05) is 6.42 Å². The van der Waals surface area contributed by atoms with E-state index in [1.807, 2.05) is 25.2 Å². The molecule has 1 aromatic carbocycles. The molecule has 0 saturated heterocycles. The highest BCUT2D eigenvalue weighted by molar-refractivity contribution is 5.81. The lowest BCUT2D eigenvalue weighted by molar-refractivity contribution is -0.151. The minimum atomic E-state index is -0.612. The van der Waals surface area contributed by atoms with Crippen LogP contribution < -0.4 is 10.1 Å². The van der Waals surface area contributed by atoms with Crippen LogP contribution in [0.15, 0.2) is 24.3 Å². The van der Waals surface area contributed by atoms with Crippen LogP contribution in [0, 0.1) is 0 Å². The predicted octanol–water partition coefficient (Wildman–Crippen LogP) is 2.70. The van der Waals surface area contributed by atoms with Crippen molar-refractivity contribution < 1.29 is 14.3 Å². The molecule has 0 heterocycles. The highest BCUT2D eigenvalue weighted by Crippen LogP contribution is 2.32. The smallest absolute Gasteiger partial charge is 0.326 e. The first-order valence-corrected chi connectivity index (χ1v) is 7.67. The fourth-order valence-electron chi connectivity index (χ4n) is 3.13. The molecule has 2 rings (SSSR count). The van der Waals surface area contributed by atoms with Crippen molar-refractivity contribution in [3.8, 4) is 5.75 Å². The van der Waals surface area contributed by atoms with E-state index in [1.165, 1.54) is 12.7 Å². The molecule has 2 unspecified atom stereocenters. The van der Waals surface area contributed by atoms with Crippen LogP contribution in [0.4, 0.5) is 0 Å². The van der Waals surface area contributed by atoms with E-state index < -0.39 is 5.54 Å². The molecule has 1 aliphatic carbocycles. The number of ether oxygens (including phenoxy) is 2. The van der Waals surface area contributed by atoms with E-state index in [-0.39, 0.29) is 12.1 Å². The van der Waals surface area contributed by atoms with Crippen LogP contribution in [-0.4, -0.2) is 31.8 Å². The Morgan fingerprint density at radius 3 is 2.86 bits per heavy atom. The van der Waals surface area contributed by atoms with Gasteiger partial charge in [0.25, 0.3) is 0 Å². The summed E-state index contributed by atoms with van der Waals surface area (Å²) >= 11 is 0. The first-order chi connectivity index (χ1) is 10.1. The second kappa shape index (κ2) is 6.94. The Hall–Kier alpha value is -1.55. The molecule has 2 atom stereocenters. The number of carbonyl (C=O) groups excluding carboxylic acids is 1. The quantitative estimate of drug-likeness (QED) is 0.847. The van der Waals surface area contributed by atoms with Crippen LogP contribution in [0.1, 0.15) is 38.2 Å². The summed E-state index contributed by atoms with van der Waals surface area (Å²) in [6.07, 6.45) is 4.35. The summed E-state index contributed by atoms with van der Waals surface area (Å²) in [7, 11) is 3.26. The van der Waals surface area contributed by atoms with Gasteiger partial charge in [-0.2, -0.15) is 0 Å². The fraction of sp³-hybridized carbons (Fsp3) is 0.588. The van der Waals surface area contributed by atoms with Crippen LogP contribution in [0.2, 0.25) is 0 Å². The zero-order chi connectivity index (χ0) is 15.3. The summed E-state index contributed by atoms with van der Waals surface area (Å²) in [5.41, 5.74) is 0.593. The number of hydrogen-bond acceptors (Lipinski definition) is 4. The first-order valence-electron chi connectivity index (χ1n) is 7.67. The third kappa shape index (κ3) is 3.38. The Morgan fingerprint density at radius 1 is 1.43 bits per heavy atom. The molecule has 4 nitrogen and oxygen atoms in total. The van der Waals surface area contributed by atoms with Gasteiger partial charge in [-0.3, -0.25) is 4.79 Å². The number of likely N-dealkylation sites (N-methyl/N-ethyl adjacent to an activating group) is 1. The number of para-hydroxylation sites is 1. The van der Waals surface area contributed by atoms with E-state index in [1.54, 1.807) is 0 Å². The number of benzene rings is 1. The average Bonchev–Trinajstić information content (AvgIpc) is 2.54. The van der Waals surface area contributed by atoms with Gasteiger partial charge in [0.15, 0.2) is 0 Å². The topological polar surface area (TPSA) is 47.6 Å². The minimum Gasteiger partial charge on any atom is -0.490 e. The number of nitrogens with one attached hydrogen (secondary N) is 1. The third-order valence-electron chi connectivity index (χ3n) is 4.41. The fourth-order valence-corrected chi connectivity index (χ4v) is 3.13. The van der Waals surface area contributed by atoms with Crippen molar-refractivity contribution in [1.29, 1.82) is 0 Å². The van der Waals surface area contributed by atoms with Gasteiger partial charge in [0.1, 0.15) is 17.4 Å². The third-order valence-corrected chi connectivity index (χ3v) is 4.41. The van der Waals surface area contributed by atoms with Crippen molar-refractivity contribution >= 4 is 5.97 Å². The minimum absolute atomic E-state index is 0.0398. The summed E-state index contributed by atoms with van der Waals surface area (Å²) in [5.74, 6) is 0.740. The molecular weight excluding hydrogens is 266 g/mol. The molecule has 1 fully saturated rings. The summed E-state index contributed by atoms with van der Waals surface area (Å²) in [4.78, 5) is 12.1.